The fourth-order valence-corrected chi connectivity index (χ4v) is 4.94. The summed E-state index contributed by atoms with van der Waals surface area (Å²) in [6, 6.07) is 14.2. The fraction of sp³-hybridized carbons (Fsp3) is 0.320. The van der Waals surface area contributed by atoms with Crippen LogP contribution < -0.4 is 5.32 Å². The van der Waals surface area contributed by atoms with Crippen LogP contribution in [0.25, 0.3) is 0 Å². The average molecular weight is 452 g/mol. The molecule has 1 fully saturated rings. The molecule has 4 rings (SSSR count). The maximum Gasteiger partial charge on any atom is 0.273 e. The van der Waals surface area contributed by atoms with Crippen molar-refractivity contribution in [1.82, 2.24) is 15.2 Å². The molecule has 3 aromatic rings. The lowest BCUT2D eigenvalue weighted by molar-refractivity contribution is -0.127. The molecule has 0 unspecified atom stereocenters. The Kier molecular flexibility index (Phi) is 7.27. The topological polar surface area (TPSA) is 62.3 Å². The lowest BCUT2D eigenvalue weighted by Crippen LogP contribution is -2.46. The Morgan fingerprint density at radius 2 is 1.84 bits per heavy atom. The Bertz CT molecular complexity index is 1020. The molecule has 5 nitrogen and oxygen atoms in total. The highest BCUT2D eigenvalue weighted by atomic mass is 32.1. The summed E-state index contributed by atoms with van der Waals surface area (Å²) in [5.41, 5.74) is 1.00. The van der Waals surface area contributed by atoms with Gasteiger partial charge < -0.3 is 10.2 Å². The van der Waals surface area contributed by atoms with Crippen LogP contribution in [0.1, 0.15) is 59.1 Å². The standard InChI is InChI=1S/C25H26FN3O2S/c26-19-13-11-18(12-14-19)17-29(25(31)21-9-4-5-15-27-21)23(22-10-6-16-32-22)24(30)28-20-7-2-1-3-8-20/h4-6,9-16,20,23H,1-3,7-8,17H2,(H,28,30)/t23-/m0/s1. The number of nitrogens with one attached hydrogen (secondary N) is 1. The van der Waals surface area contributed by atoms with Crippen LogP contribution in [0.2, 0.25) is 0 Å². The molecule has 32 heavy (non-hydrogen) atoms. The second-order valence-corrected chi connectivity index (χ2v) is 9.02. The first-order chi connectivity index (χ1) is 15.6. The highest BCUT2D eigenvalue weighted by Crippen LogP contribution is 2.30. The van der Waals surface area contributed by atoms with Crippen molar-refractivity contribution >= 4 is 23.2 Å². The minimum absolute atomic E-state index is 0.122. The molecule has 0 spiro atoms. The molecule has 0 saturated heterocycles. The molecule has 2 aromatic heterocycles. The summed E-state index contributed by atoms with van der Waals surface area (Å²) in [6.07, 6.45) is 6.85. The van der Waals surface area contributed by atoms with E-state index >= 15 is 0 Å². The summed E-state index contributed by atoms with van der Waals surface area (Å²) in [5.74, 6) is -0.876. The molecule has 0 radical (unpaired) electrons. The van der Waals surface area contributed by atoms with E-state index in [0.29, 0.717) is 0 Å². The summed E-state index contributed by atoms with van der Waals surface area (Å²) in [5, 5.41) is 5.08. The van der Waals surface area contributed by atoms with Crippen molar-refractivity contribution in [2.45, 2.75) is 50.7 Å². The molecule has 7 heteroatoms. The summed E-state index contributed by atoms with van der Waals surface area (Å²) < 4.78 is 13.5. The Balaban J connectivity index is 1.68. The molecule has 1 aliphatic rings. The average Bonchev–Trinajstić information content (AvgIpc) is 3.35. The van der Waals surface area contributed by atoms with Gasteiger partial charge >= 0.3 is 0 Å². The van der Waals surface area contributed by atoms with Crippen molar-refractivity contribution in [2.24, 2.45) is 0 Å². The van der Waals surface area contributed by atoms with Gasteiger partial charge in [-0.2, -0.15) is 0 Å². The van der Waals surface area contributed by atoms with Crippen LogP contribution in [-0.4, -0.2) is 27.7 Å². The van der Waals surface area contributed by atoms with Gasteiger partial charge in [-0.25, -0.2) is 4.39 Å². The molecule has 0 aliphatic heterocycles. The first-order valence-corrected chi connectivity index (χ1v) is 11.8. The monoisotopic (exact) mass is 451 g/mol. The van der Waals surface area contributed by atoms with Crippen molar-refractivity contribution < 1.29 is 14.0 Å². The van der Waals surface area contributed by atoms with Gasteiger partial charge in [-0.15, -0.1) is 11.3 Å². The number of benzene rings is 1. The van der Waals surface area contributed by atoms with E-state index in [9.17, 15) is 14.0 Å². The number of carbonyl (C=O) groups excluding carboxylic acids is 2. The number of carbonyl (C=O) groups is 2. The maximum atomic E-state index is 13.6. The molecule has 1 atom stereocenters. The van der Waals surface area contributed by atoms with Crippen LogP contribution in [-0.2, 0) is 11.3 Å². The number of thiophene rings is 1. The quantitative estimate of drug-likeness (QED) is 0.543. The zero-order chi connectivity index (χ0) is 22.3. The van der Waals surface area contributed by atoms with Gasteiger partial charge in [-0.05, 0) is 54.1 Å². The third-order valence-corrected chi connectivity index (χ3v) is 6.66. The number of rotatable bonds is 7. The van der Waals surface area contributed by atoms with Crippen molar-refractivity contribution in [3.63, 3.8) is 0 Å². The van der Waals surface area contributed by atoms with Gasteiger partial charge in [0.05, 0.1) is 0 Å². The molecule has 0 bridgehead atoms. The number of pyridine rings is 1. The Labute approximate surface area is 191 Å². The highest BCUT2D eigenvalue weighted by molar-refractivity contribution is 7.10. The maximum absolute atomic E-state index is 13.6. The number of hydrogen-bond acceptors (Lipinski definition) is 4. The van der Waals surface area contributed by atoms with Gasteiger partial charge in [0, 0.05) is 23.7 Å². The Morgan fingerprint density at radius 1 is 1.06 bits per heavy atom. The minimum atomic E-state index is -0.795. The summed E-state index contributed by atoms with van der Waals surface area (Å²) >= 11 is 1.44. The SMILES string of the molecule is O=C(NC1CCCCC1)[C@H](c1cccs1)N(Cc1ccc(F)cc1)C(=O)c1ccccn1. The van der Waals surface area contributed by atoms with E-state index in [-0.39, 0.29) is 35.9 Å². The van der Waals surface area contributed by atoms with E-state index in [2.05, 4.69) is 10.3 Å². The first kappa shape index (κ1) is 22.1. The molecular formula is C25H26FN3O2S. The van der Waals surface area contributed by atoms with Crippen molar-refractivity contribution in [3.05, 3.63) is 88.1 Å². The number of aromatic nitrogens is 1. The van der Waals surface area contributed by atoms with E-state index in [1.54, 1.807) is 41.4 Å². The molecule has 1 saturated carbocycles. The third-order valence-electron chi connectivity index (χ3n) is 5.74. The second kappa shape index (κ2) is 10.5. The van der Waals surface area contributed by atoms with Crippen molar-refractivity contribution in [3.8, 4) is 0 Å². The number of nitrogens with zero attached hydrogens (tertiary/aromatic N) is 2. The second-order valence-electron chi connectivity index (χ2n) is 8.04. The third kappa shape index (κ3) is 5.40. The number of amides is 2. The molecule has 1 aliphatic carbocycles. The molecule has 166 valence electrons. The number of halogens is 1. The van der Waals surface area contributed by atoms with E-state index in [4.69, 9.17) is 0 Å². The van der Waals surface area contributed by atoms with Gasteiger partial charge in [-0.3, -0.25) is 14.6 Å². The van der Waals surface area contributed by atoms with Gasteiger partial charge in [0.2, 0.25) is 5.91 Å². The molecular weight excluding hydrogens is 425 g/mol. The largest absolute Gasteiger partial charge is 0.351 e. The smallest absolute Gasteiger partial charge is 0.273 e. The molecule has 2 amide bonds. The van der Waals surface area contributed by atoms with Crippen LogP contribution in [0, 0.1) is 5.82 Å². The van der Waals surface area contributed by atoms with Crippen molar-refractivity contribution in [1.29, 1.82) is 0 Å². The van der Waals surface area contributed by atoms with Gasteiger partial charge in [0.1, 0.15) is 17.6 Å². The van der Waals surface area contributed by atoms with Crippen LogP contribution in [0.15, 0.2) is 66.2 Å². The zero-order valence-corrected chi connectivity index (χ0v) is 18.6. The summed E-state index contributed by atoms with van der Waals surface area (Å²) in [4.78, 5) is 33.7. The van der Waals surface area contributed by atoms with Crippen LogP contribution in [0.5, 0.6) is 0 Å². The molecule has 1 aromatic carbocycles. The van der Waals surface area contributed by atoms with Gasteiger partial charge in [0.15, 0.2) is 0 Å². The van der Waals surface area contributed by atoms with Crippen molar-refractivity contribution in [2.75, 3.05) is 0 Å². The lowest BCUT2D eigenvalue weighted by Gasteiger charge is -2.32. The van der Waals surface area contributed by atoms with E-state index in [1.165, 1.54) is 29.9 Å². The molecule has 1 N–H and O–H groups in total. The van der Waals surface area contributed by atoms with Crippen LogP contribution >= 0.6 is 11.3 Å². The number of hydrogen-bond donors (Lipinski definition) is 1. The highest BCUT2D eigenvalue weighted by Gasteiger charge is 2.34. The predicted octanol–water partition coefficient (Wildman–Crippen LogP) is 5.11. The van der Waals surface area contributed by atoms with Gasteiger partial charge in [-0.1, -0.05) is 43.5 Å². The van der Waals surface area contributed by atoms with E-state index in [1.807, 2.05) is 17.5 Å². The summed E-state index contributed by atoms with van der Waals surface area (Å²) in [7, 11) is 0. The first-order valence-electron chi connectivity index (χ1n) is 10.9. The fourth-order valence-electron chi connectivity index (χ4n) is 4.10. The predicted molar refractivity (Wildman–Crippen MR) is 123 cm³/mol. The minimum Gasteiger partial charge on any atom is -0.351 e. The van der Waals surface area contributed by atoms with E-state index in [0.717, 1.165) is 36.1 Å². The summed E-state index contributed by atoms with van der Waals surface area (Å²) in [6.45, 7) is 0.163. The molecule has 2 heterocycles. The lowest BCUT2D eigenvalue weighted by atomic mass is 9.95. The zero-order valence-electron chi connectivity index (χ0n) is 17.7. The van der Waals surface area contributed by atoms with Crippen LogP contribution in [0.3, 0.4) is 0 Å². The normalized spacial score (nSPS) is 15.2. The van der Waals surface area contributed by atoms with Gasteiger partial charge in [0.25, 0.3) is 5.91 Å². The van der Waals surface area contributed by atoms with E-state index < -0.39 is 6.04 Å². The van der Waals surface area contributed by atoms with Crippen LogP contribution in [0.4, 0.5) is 4.39 Å². The Hall–Kier alpha value is -3.06. The Morgan fingerprint density at radius 3 is 2.50 bits per heavy atom.